The van der Waals surface area contributed by atoms with Crippen molar-refractivity contribution in [2.24, 2.45) is 4.99 Å². The Morgan fingerprint density at radius 2 is 1.53 bits per heavy atom. The van der Waals surface area contributed by atoms with E-state index in [1.54, 1.807) is 31.3 Å². The summed E-state index contributed by atoms with van der Waals surface area (Å²) in [6.45, 7) is 1.85. The van der Waals surface area contributed by atoms with Crippen molar-refractivity contribution in [1.29, 1.82) is 0 Å². The van der Waals surface area contributed by atoms with Crippen LogP contribution in [0.1, 0.15) is 39.1 Å². The van der Waals surface area contributed by atoms with Crippen molar-refractivity contribution < 1.29 is 9.59 Å². The van der Waals surface area contributed by atoms with Gasteiger partial charge in [0, 0.05) is 31.7 Å². The number of imide groups is 1. The Hall–Kier alpha value is -2.13. The second-order valence-corrected chi connectivity index (χ2v) is 7.19. The zero-order valence-electron chi connectivity index (χ0n) is 16.9. The van der Waals surface area contributed by atoms with Gasteiger partial charge in [0.15, 0.2) is 5.96 Å². The number of benzene rings is 2. The van der Waals surface area contributed by atoms with Gasteiger partial charge in [-0.05, 0) is 43.0 Å². The van der Waals surface area contributed by atoms with Gasteiger partial charge < -0.3 is 10.6 Å². The van der Waals surface area contributed by atoms with Gasteiger partial charge in [-0.3, -0.25) is 19.5 Å². The maximum Gasteiger partial charge on any atom is 0.261 e. The first-order valence-electron chi connectivity index (χ1n) is 9.75. The molecule has 6 nitrogen and oxygen atoms in total. The molecule has 1 aliphatic rings. The van der Waals surface area contributed by atoms with Crippen molar-refractivity contribution in [3.8, 4) is 0 Å². The maximum atomic E-state index is 12.3. The number of unbranched alkanes of at least 4 members (excludes halogenated alkanes) is 1. The lowest BCUT2D eigenvalue weighted by atomic mass is 10.1. The lowest BCUT2D eigenvalue weighted by Crippen LogP contribution is -2.39. The van der Waals surface area contributed by atoms with E-state index in [9.17, 15) is 9.59 Å². The highest BCUT2D eigenvalue weighted by Crippen LogP contribution is 2.22. The molecule has 2 aromatic rings. The first-order valence-corrected chi connectivity index (χ1v) is 10.1. The molecule has 0 saturated heterocycles. The molecule has 0 spiro atoms. The van der Waals surface area contributed by atoms with Crippen LogP contribution in [0.5, 0.6) is 0 Å². The van der Waals surface area contributed by atoms with E-state index in [1.807, 2.05) is 24.3 Å². The Labute approximate surface area is 199 Å². The number of aliphatic imine (C=N–C) groups is 1. The van der Waals surface area contributed by atoms with Gasteiger partial charge in [-0.1, -0.05) is 41.9 Å². The number of nitrogens with one attached hydrogen (secondary N) is 2. The predicted octanol–water partition coefficient (Wildman–Crippen LogP) is 3.74. The first kappa shape index (κ1) is 24.1. The van der Waals surface area contributed by atoms with E-state index in [1.165, 1.54) is 4.90 Å². The smallest absolute Gasteiger partial charge is 0.261 e. The molecule has 0 radical (unpaired) electrons. The molecule has 3 rings (SSSR count). The van der Waals surface area contributed by atoms with Crippen LogP contribution < -0.4 is 10.6 Å². The van der Waals surface area contributed by atoms with Crippen molar-refractivity contribution in [2.45, 2.75) is 19.3 Å². The molecule has 0 atom stereocenters. The molecule has 8 heteroatoms. The molecule has 30 heavy (non-hydrogen) atoms. The van der Waals surface area contributed by atoms with E-state index in [-0.39, 0.29) is 35.8 Å². The van der Waals surface area contributed by atoms with Crippen LogP contribution in [0.25, 0.3) is 0 Å². The zero-order valence-corrected chi connectivity index (χ0v) is 19.9. The van der Waals surface area contributed by atoms with Gasteiger partial charge in [-0.25, -0.2) is 0 Å². The topological polar surface area (TPSA) is 73.8 Å². The average molecular weight is 541 g/mol. The third-order valence-electron chi connectivity index (χ3n) is 4.85. The molecule has 1 heterocycles. The van der Waals surface area contributed by atoms with Crippen LogP contribution in [0.3, 0.4) is 0 Å². The summed E-state index contributed by atoms with van der Waals surface area (Å²) in [5.74, 6) is 0.323. The van der Waals surface area contributed by atoms with Gasteiger partial charge in [-0.2, -0.15) is 0 Å². The summed E-state index contributed by atoms with van der Waals surface area (Å²) in [6.07, 6.45) is 2.35. The predicted molar refractivity (Wildman–Crippen MR) is 131 cm³/mol. The standard InChI is InChI=1S/C22H25ClN4O2.HI/c1-24-22(26-14-12-16-8-2-5-11-19(16)23)25-13-6-7-15-27-20(28)17-9-3-4-10-18(17)21(27)29;/h2-5,8-11H,6-7,12-15H2,1H3,(H2,24,25,26);1H. The molecule has 0 unspecified atom stereocenters. The van der Waals surface area contributed by atoms with Crippen LogP contribution >= 0.6 is 35.6 Å². The van der Waals surface area contributed by atoms with Crippen LogP contribution in [0.4, 0.5) is 0 Å². The van der Waals surface area contributed by atoms with Crippen molar-refractivity contribution >= 4 is 53.4 Å². The number of carbonyl (C=O) groups is 2. The van der Waals surface area contributed by atoms with Crippen molar-refractivity contribution in [3.05, 3.63) is 70.2 Å². The van der Waals surface area contributed by atoms with Crippen LogP contribution in [-0.4, -0.2) is 49.4 Å². The minimum Gasteiger partial charge on any atom is -0.356 e. The van der Waals surface area contributed by atoms with Crippen molar-refractivity contribution in [3.63, 3.8) is 0 Å². The molecule has 0 aromatic heterocycles. The summed E-state index contributed by atoms with van der Waals surface area (Å²) in [5, 5.41) is 7.29. The Kier molecular flexibility index (Phi) is 9.58. The first-order chi connectivity index (χ1) is 14.1. The minimum atomic E-state index is -0.199. The van der Waals surface area contributed by atoms with E-state index >= 15 is 0 Å². The van der Waals surface area contributed by atoms with E-state index in [4.69, 9.17) is 11.6 Å². The summed E-state index contributed by atoms with van der Waals surface area (Å²) >= 11 is 6.17. The highest BCUT2D eigenvalue weighted by Gasteiger charge is 2.34. The fourth-order valence-electron chi connectivity index (χ4n) is 3.28. The number of amides is 2. The molecule has 0 bridgehead atoms. The molecule has 0 aliphatic carbocycles. The third kappa shape index (κ3) is 5.95. The Morgan fingerprint density at radius 1 is 0.933 bits per heavy atom. The van der Waals surface area contributed by atoms with Crippen LogP contribution in [0, 0.1) is 0 Å². The van der Waals surface area contributed by atoms with Gasteiger partial charge in [0.25, 0.3) is 11.8 Å². The number of fused-ring (bicyclic) bond motifs is 1. The lowest BCUT2D eigenvalue weighted by molar-refractivity contribution is 0.0652. The van der Waals surface area contributed by atoms with Gasteiger partial charge in [0.05, 0.1) is 11.1 Å². The monoisotopic (exact) mass is 540 g/mol. The number of halogens is 2. The highest BCUT2D eigenvalue weighted by atomic mass is 127. The van der Waals surface area contributed by atoms with Crippen LogP contribution in [-0.2, 0) is 6.42 Å². The molecular formula is C22H26ClIN4O2. The van der Waals surface area contributed by atoms with E-state index in [2.05, 4.69) is 15.6 Å². The zero-order chi connectivity index (χ0) is 20.6. The second-order valence-electron chi connectivity index (χ2n) is 6.78. The molecule has 2 N–H and O–H groups in total. The summed E-state index contributed by atoms with van der Waals surface area (Å²) in [4.78, 5) is 30.2. The van der Waals surface area contributed by atoms with Crippen LogP contribution in [0.15, 0.2) is 53.5 Å². The summed E-state index contributed by atoms with van der Waals surface area (Å²) in [5.41, 5.74) is 2.09. The fraction of sp³-hybridized carbons (Fsp3) is 0.318. The number of hydrogen-bond acceptors (Lipinski definition) is 3. The van der Waals surface area contributed by atoms with Gasteiger partial charge >= 0.3 is 0 Å². The molecule has 0 saturated carbocycles. The molecule has 160 valence electrons. The molecular weight excluding hydrogens is 515 g/mol. The summed E-state index contributed by atoms with van der Waals surface area (Å²) < 4.78 is 0. The van der Waals surface area contributed by atoms with Gasteiger partial charge in [0.1, 0.15) is 0 Å². The summed E-state index contributed by atoms with van der Waals surface area (Å²) in [7, 11) is 1.73. The number of guanidine groups is 1. The van der Waals surface area contributed by atoms with E-state index < -0.39 is 0 Å². The van der Waals surface area contributed by atoms with E-state index in [0.29, 0.717) is 24.2 Å². The number of carbonyl (C=O) groups excluding carboxylic acids is 2. The number of nitrogens with zero attached hydrogens (tertiary/aromatic N) is 2. The SMILES string of the molecule is CN=C(NCCCCN1C(=O)c2ccccc2C1=O)NCCc1ccccc1Cl.I. The average Bonchev–Trinajstić information content (AvgIpc) is 2.98. The number of hydrogen-bond donors (Lipinski definition) is 2. The molecule has 1 aliphatic heterocycles. The Balaban J connectivity index is 0.00000320. The highest BCUT2D eigenvalue weighted by molar-refractivity contribution is 14.0. The van der Waals surface area contributed by atoms with Crippen LogP contribution in [0.2, 0.25) is 5.02 Å². The van der Waals surface area contributed by atoms with Crippen molar-refractivity contribution in [1.82, 2.24) is 15.5 Å². The van der Waals surface area contributed by atoms with E-state index in [0.717, 1.165) is 42.4 Å². The third-order valence-corrected chi connectivity index (χ3v) is 5.22. The molecule has 0 fully saturated rings. The second kappa shape index (κ2) is 11.9. The number of rotatable bonds is 8. The Bertz CT molecular complexity index is 885. The fourth-order valence-corrected chi connectivity index (χ4v) is 3.51. The normalized spacial score (nSPS) is 13.1. The lowest BCUT2D eigenvalue weighted by Gasteiger charge is -2.15. The minimum absolute atomic E-state index is 0. The maximum absolute atomic E-state index is 12.3. The quantitative estimate of drug-likeness (QED) is 0.176. The molecule has 2 aromatic carbocycles. The van der Waals surface area contributed by atoms with Gasteiger partial charge in [-0.15, -0.1) is 24.0 Å². The Morgan fingerprint density at radius 3 is 2.17 bits per heavy atom. The largest absolute Gasteiger partial charge is 0.356 e. The van der Waals surface area contributed by atoms with Gasteiger partial charge in [0.2, 0.25) is 0 Å². The van der Waals surface area contributed by atoms with Crippen molar-refractivity contribution in [2.75, 3.05) is 26.7 Å². The molecule has 2 amide bonds. The summed E-state index contributed by atoms with van der Waals surface area (Å²) in [6, 6.07) is 14.8.